The zero-order valence-corrected chi connectivity index (χ0v) is 17.8. The van der Waals surface area contributed by atoms with E-state index in [1.165, 1.54) is 18.5 Å². The van der Waals surface area contributed by atoms with Crippen molar-refractivity contribution in [2.75, 3.05) is 32.8 Å². The molecule has 3 heterocycles. The molecule has 1 N–H and O–H groups in total. The van der Waals surface area contributed by atoms with Crippen molar-refractivity contribution in [3.05, 3.63) is 35.5 Å². The molecule has 0 unspecified atom stereocenters. The average Bonchev–Trinajstić information content (AvgIpc) is 3.40. The minimum absolute atomic E-state index is 0.0906. The van der Waals surface area contributed by atoms with Crippen LogP contribution in [0.1, 0.15) is 60.8 Å². The maximum absolute atomic E-state index is 13.4. The molecule has 0 spiro atoms. The molecular weight excluding hydrogens is 380 g/mol. The number of nitrogens with zero attached hydrogens (tertiary/aromatic N) is 5. The Balaban J connectivity index is 1.42. The molecule has 2 fully saturated rings. The van der Waals surface area contributed by atoms with Gasteiger partial charge in [0.05, 0.1) is 25.1 Å². The van der Waals surface area contributed by atoms with Gasteiger partial charge in [-0.25, -0.2) is 9.67 Å². The van der Waals surface area contributed by atoms with Crippen LogP contribution in [0.4, 0.5) is 0 Å². The normalized spacial score (nSPS) is 23.9. The first-order valence-corrected chi connectivity index (χ1v) is 11.0. The number of amides is 1. The zero-order valence-electron chi connectivity index (χ0n) is 17.8. The van der Waals surface area contributed by atoms with E-state index in [4.69, 9.17) is 9.84 Å². The molecule has 30 heavy (non-hydrogen) atoms. The van der Waals surface area contributed by atoms with Crippen LogP contribution >= 0.6 is 0 Å². The van der Waals surface area contributed by atoms with E-state index in [0.717, 1.165) is 51.3 Å². The molecule has 0 bridgehead atoms. The lowest BCUT2D eigenvalue weighted by molar-refractivity contribution is 0.0268. The van der Waals surface area contributed by atoms with Gasteiger partial charge in [-0.2, -0.15) is 5.10 Å². The predicted octanol–water partition coefficient (Wildman–Crippen LogP) is 1.94. The largest absolute Gasteiger partial charge is 0.379 e. The summed E-state index contributed by atoms with van der Waals surface area (Å²) < 4.78 is 7.32. The maximum Gasteiger partial charge on any atom is 0.272 e. The smallest absolute Gasteiger partial charge is 0.272 e. The molecule has 1 amide bonds. The topological polar surface area (TPSA) is 85.2 Å². The third-order valence-corrected chi connectivity index (χ3v) is 6.66. The van der Waals surface area contributed by atoms with E-state index in [2.05, 4.69) is 34.0 Å². The summed E-state index contributed by atoms with van der Waals surface area (Å²) in [5.74, 6) is 1.69. The number of rotatable bonds is 5. The quantitative estimate of drug-likeness (QED) is 0.811. The fourth-order valence-electron chi connectivity index (χ4n) is 5.43. The Hall–Kier alpha value is -2.32. The van der Waals surface area contributed by atoms with Gasteiger partial charge in [-0.3, -0.25) is 14.7 Å². The molecule has 8 heteroatoms. The van der Waals surface area contributed by atoms with Crippen molar-refractivity contribution in [2.24, 2.45) is 5.92 Å². The number of fused-ring (bicyclic) bond motifs is 3. The number of aromatic nitrogens is 4. The zero-order chi connectivity index (χ0) is 20.7. The van der Waals surface area contributed by atoms with Gasteiger partial charge < -0.3 is 10.1 Å². The highest BCUT2D eigenvalue weighted by atomic mass is 16.5. The third kappa shape index (κ3) is 3.63. The molecule has 1 aliphatic heterocycles. The maximum atomic E-state index is 13.4. The van der Waals surface area contributed by atoms with Crippen molar-refractivity contribution < 1.29 is 9.53 Å². The number of nitrogens with one attached hydrogen (secondary N) is 1. The second-order valence-electron chi connectivity index (χ2n) is 9.42. The van der Waals surface area contributed by atoms with Crippen LogP contribution in [0.15, 0.2) is 18.6 Å². The molecule has 0 radical (unpaired) electrons. The number of ether oxygens (including phenoxy) is 1. The molecule has 1 saturated heterocycles. The molecular formula is C22H30N6O2. The average molecular weight is 411 g/mol. The molecule has 160 valence electrons. The Kier molecular flexibility index (Phi) is 5.06. The van der Waals surface area contributed by atoms with Gasteiger partial charge in [0.1, 0.15) is 0 Å². The number of morpholine rings is 1. The van der Waals surface area contributed by atoms with E-state index in [-0.39, 0.29) is 11.4 Å². The SMILES string of the molecule is CC(C)(CN1CCOCC1)NC(=O)c1nn(-c2cnccn2)c2c1C[C@H]1CCC[C@@H]21. The lowest BCUT2D eigenvalue weighted by atomic mass is 9.99. The summed E-state index contributed by atoms with van der Waals surface area (Å²) in [5, 5.41) is 8.01. The van der Waals surface area contributed by atoms with Crippen molar-refractivity contribution in [1.82, 2.24) is 30.0 Å². The summed E-state index contributed by atoms with van der Waals surface area (Å²) in [4.78, 5) is 24.4. The Morgan fingerprint density at radius 3 is 2.87 bits per heavy atom. The standard InChI is InChI=1S/C22H30N6O2/c1-22(2,14-27-8-10-30-11-9-27)25-21(29)19-17-12-15-4-3-5-16(15)20(17)28(26-19)18-13-23-6-7-24-18/h6-7,13,15-16H,3-5,8-12,14H2,1-2H3,(H,25,29)/t15-,16-/m1/s1. The van der Waals surface area contributed by atoms with Gasteiger partial charge in [-0.1, -0.05) is 6.42 Å². The van der Waals surface area contributed by atoms with Crippen LogP contribution in [0.3, 0.4) is 0 Å². The van der Waals surface area contributed by atoms with Crippen molar-refractivity contribution >= 4 is 5.91 Å². The van der Waals surface area contributed by atoms with Crippen LogP contribution in [-0.4, -0.2) is 68.9 Å². The summed E-state index contributed by atoms with van der Waals surface area (Å²) in [7, 11) is 0. The fourth-order valence-corrected chi connectivity index (χ4v) is 5.43. The Morgan fingerprint density at radius 1 is 1.27 bits per heavy atom. The molecule has 1 saturated carbocycles. The second-order valence-corrected chi connectivity index (χ2v) is 9.42. The number of hydrogen-bond acceptors (Lipinski definition) is 6. The van der Waals surface area contributed by atoms with E-state index in [0.29, 0.717) is 23.3 Å². The molecule has 2 aromatic rings. The Morgan fingerprint density at radius 2 is 2.10 bits per heavy atom. The summed E-state index contributed by atoms with van der Waals surface area (Å²) >= 11 is 0. The van der Waals surface area contributed by atoms with Crippen LogP contribution in [0, 0.1) is 5.92 Å². The van der Waals surface area contributed by atoms with Gasteiger partial charge in [0.2, 0.25) is 0 Å². The van der Waals surface area contributed by atoms with Crippen LogP contribution in [-0.2, 0) is 11.2 Å². The van der Waals surface area contributed by atoms with Crippen molar-refractivity contribution in [2.45, 2.75) is 51.0 Å². The second kappa shape index (κ2) is 7.74. The van der Waals surface area contributed by atoms with Gasteiger partial charge in [0, 0.05) is 49.0 Å². The number of hydrogen-bond donors (Lipinski definition) is 1. The number of carbonyl (C=O) groups is 1. The Labute approximate surface area is 177 Å². The molecule has 2 aromatic heterocycles. The first kappa shape index (κ1) is 19.6. The monoisotopic (exact) mass is 410 g/mol. The molecule has 0 aromatic carbocycles. The van der Waals surface area contributed by atoms with Gasteiger partial charge in [0.25, 0.3) is 5.91 Å². The molecule has 8 nitrogen and oxygen atoms in total. The highest BCUT2D eigenvalue weighted by molar-refractivity contribution is 5.95. The van der Waals surface area contributed by atoms with Gasteiger partial charge in [-0.05, 0) is 39.0 Å². The predicted molar refractivity (Wildman–Crippen MR) is 112 cm³/mol. The highest BCUT2D eigenvalue weighted by Crippen LogP contribution is 2.49. The summed E-state index contributed by atoms with van der Waals surface area (Å²) in [6.07, 6.45) is 9.63. The van der Waals surface area contributed by atoms with Crippen molar-refractivity contribution in [3.8, 4) is 5.82 Å². The van der Waals surface area contributed by atoms with E-state index in [1.54, 1.807) is 18.6 Å². The van der Waals surface area contributed by atoms with E-state index >= 15 is 0 Å². The van der Waals surface area contributed by atoms with E-state index < -0.39 is 0 Å². The van der Waals surface area contributed by atoms with E-state index in [1.807, 2.05) is 4.68 Å². The lowest BCUT2D eigenvalue weighted by Gasteiger charge is -2.35. The van der Waals surface area contributed by atoms with Crippen LogP contribution in [0.2, 0.25) is 0 Å². The fraction of sp³-hybridized carbons (Fsp3) is 0.636. The molecule has 2 atom stereocenters. The minimum atomic E-state index is -0.355. The number of carbonyl (C=O) groups excluding carboxylic acids is 1. The first-order chi connectivity index (χ1) is 14.5. The summed E-state index contributed by atoms with van der Waals surface area (Å²) in [6.45, 7) is 8.26. The molecule has 5 rings (SSSR count). The first-order valence-electron chi connectivity index (χ1n) is 11.0. The van der Waals surface area contributed by atoms with Crippen LogP contribution < -0.4 is 5.32 Å². The minimum Gasteiger partial charge on any atom is -0.379 e. The molecule has 3 aliphatic rings. The van der Waals surface area contributed by atoms with Gasteiger partial charge >= 0.3 is 0 Å². The summed E-state index contributed by atoms with van der Waals surface area (Å²) in [5.41, 5.74) is 2.48. The highest BCUT2D eigenvalue weighted by Gasteiger charge is 2.43. The molecule has 2 aliphatic carbocycles. The summed E-state index contributed by atoms with van der Waals surface area (Å²) in [6, 6.07) is 0. The lowest BCUT2D eigenvalue weighted by Crippen LogP contribution is -2.53. The van der Waals surface area contributed by atoms with Gasteiger partial charge in [0.15, 0.2) is 11.5 Å². The van der Waals surface area contributed by atoms with Crippen molar-refractivity contribution in [1.29, 1.82) is 0 Å². The van der Waals surface area contributed by atoms with Crippen molar-refractivity contribution in [3.63, 3.8) is 0 Å². The van der Waals surface area contributed by atoms with Crippen LogP contribution in [0.5, 0.6) is 0 Å². The van der Waals surface area contributed by atoms with Crippen LogP contribution in [0.25, 0.3) is 5.82 Å². The third-order valence-electron chi connectivity index (χ3n) is 6.66. The Bertz CT molecular complexity index is 919. The van der Waals surface area contributed by atoms with Gasteiger partial charge in [-0.15, -0.1) is 0 Å². The van der Waals surface area contributed by atoms with E-state index in [9.17, 15) is 4.79 Å².